The zero-order chi connectivity index (χ0) is 11.1. The molecule has 0 bridgehead atoms. The number of nitro benzene ring substituents is 1. The van der Waals surface area contributed by atoms with Crippen molar-refractivity contribution in [1.29, 1.82) is 0 Å². The Kier molecular flexibility index (Phi) is 1.70. The van der Waals surface area contributed by atoms with Crippen molar-refractivity contribution in [3.8, 4) is 11.4 Å². The van der Waals surface area contributed by atoms with E-state index in [4.69, 9.17) is 4.74 Å². The van der Waals surface area contributed by atoms with Crippen LogP contribution in [-0.2, 0) is 6.61 Å². The number of nitro groups is 1. The zero-order valence-electron chi connectivity index (χ0n) is 8.16. The molecule has 6 heteroatoms. The van der Waals surface area contributed by atoms with Gasteiger partial charge in [0.05, 0.1) is 34.9 Å². The fourth-order valence-electron chi connectivity index (χ4n) is 1.73. The third-order valence-corrected chi connectivity index (χ3v) is 2.50. The summed E-state index contributed by atoms with van der Waals surface area (Å²) in [6.45, 7) is 0.383. The third-order valence-electron chi connectivity index (χ3n) is 2.50. The van der Waals surface area contributed by atoms with Crippen LogP contribution in [-0.4, -0.2) is 14.5 Å². The molecule has 0 saturated heterocycles. The van der Waals surface area contributed by atoms with Gasteiger partial charge in [0.1, 0.15) is 6.61 Å². The van der Waals surface area contributed by atoms with E-state index >= 15 is 0 Å². The first-order chi connectivity index (χ1) is 7.75. The van der Waals surface area contributed by atoms with Crippen molar-refractivity contribution >= 4 is 5.69 Å². The monoisotopic (exact) mass is 217 g/mol. The van der Waals surface area contributed by atoms with Crippen molar-refractivity contribution in [1.82, 2.24) is 9.55 Å². The molecule has 16 heavy (non-hydrogen) atoms. The van der Waals surface area contributed by atoms with E-state index in [1.807, 2.05) is 4.57 Å². The van der Waals surface area contributed by atoms with Crippen LogP contribution < -0.4 is 4.74 Å². The zero-order valence-corrected chi connectivity index (χ0v) is 8.16. The van der Waals surface area contributed by atoms with Gasteiger partial charge in [-0.15, -0.1) is 0 Å². The van der Waals surface area contributed by atoms with Gasteiger partial charge in [-0.05, 0) is 6.07 Å². The number of hydrogen-bond acceptors (Lipinski definition) is 4. The van der Waals surface area contributed by atoms with Crippen LogP contribution in [0, 0.1) is 10.1 Å². The lowest BCUT2D eigenvalue weighted by Gasteiger charge is -2.18. The minimum absolute atomic E-state index is 0.0299. The van der Waals surface area contributed by atoms with Crippen molar-refractivity contribution in [2.45, 2.75) is 6.61 Å². The maximum Gasteiger partial charge on any atom is 0.273 e. The van der Waals surface area contributed by atoms with Crippen LogP contribution in [0.4, 0.5) is 5.69 Å². The summed E-state index contributed by atoms with van der Waals surface area (Å²) in [5.74, 6) is 0.514. The standard InChI is InChI=1S/C10H7N3O3/c14-13(15)7-1-2-9-10(3-7)16-5-8-4-11-6-12(8)9/h1-4,6H,5H2. The van der Waals surface area contributed by atoms with Gasteiger partial charge in [-0.1, -0.05) is 0 Å². The second kappa shape index (κ2) is 3.06. The van der Waals surface area contributed by atoms with Crippen molar-refractivity contribution in [2.75, 3.05) is 0 Å². The maximum atomic E-state index is 10.6. The smallest absolute Gasteiger partial charge is 0.273 e. The summed E-state index contributed by atoms with van der Waals surface area (Å²) in [5.41, 5.74) is 1.74. The van der Waals surface area contributed by atoms with E-state index in [-0.39, 0.29) is 5.69 Å². The summed E-state index contributed by atoms with van der Waals surface area (Å²) >= 11 is 0. The van der Waals surface area contributed by atoms with Crippen LogP contribution in [0.15, 0.2) is 30.7 Å². The maximum absolute atomic E-state index is 10.6. The minimum atomic E-state index is -0.437. The first-order valence-corrected chi connectivity index (χ1v) is 4.68. The second-order valence-electron chi connectivity index (χ2n) is 3.45. The van der Waals surface area contributed by atoms with E-state index in [0.29, 0.717) is 12.4 Å². The van der Waals surface area contributed by atoms with Gasteiger partial charge >= 0.3 is 0 Å². The molecule has 0 atom stereocenters. The molecule has 80 valence electrons. The van der Waals surface area contributed by atoms with Crippen LogP contribution in [0.2, 0.25) is 0 Å². The van der Waals surface area contributed by atoms with Gasteiger partial charge in [-0.3, -0.25) is 14.7 Å². The summed E-state index contributed by atoms with van der Waals surface area (Å²) in [4.78, 5) is 14.2. The number of ether oxygens (including phenoxy) is 1. The average molecular weight is 217 g/mol. The Morgan fingerprint density at radius 1 is 1.50 bits per heavy atom. The Bertz CT molecular complexity index is 576. The number of fused-ring (bicyclic) bond motifs is 3. The molecule has 0 amide bonds. The van der Waals surface area contributed by atoms with Crippen LogP contribution >= 0.6 is 0 Å². The predicted octanol–water partition coefficient (Wildman–Crippen LogP) is 1.67. The van der Waals surface area contributed by atoms with E-state index in [9.17, 15) is 10.1 Å². The van der Waals surface area contributed by atoms with E-state index in [1.165, 1.54) is 12.1 Å². The fourth-order valence-corrected chi connectivity index (χ4v) is 1.73. The van der Waals surface area contributed by atoms with Crippen LogP contribution in [0.5, 0.6) is 5.75 Å². The molecule has 0 unspecified atom stereocenters. The van der Waals surface area contributed by atoms with Gasteiger partial charge in [0.2, 0.25) is 0 Å². The van der Waals surface area contributed by atoms with Gasteiger partial charge in [-0.25, -0.2) is 4.98 Å². The molecule has 1 aromatic heterocycles. The number of imidazole rings is 1. The van der Waals surface area contributed by atoms with Crippen molar-refractivity contribution < 1.29 is 9.66 Å². The molecular formula is C10H7N3O3. The number of non-ortho nitro benzene ring substituents is 1. The number of aromatic nitrogens is 2. The lowest BCUT2D eigenvalue weighted by molar-refractivity contribution is -0.384. The van der Waals surface area contributed by atoms with Crippen LogP contribution in [0.1, 0.15) is 5.69 Å². The SMILES string of the molecule is O=[N+]([O-])c1ccc2c(c1)OCc1cncn1-2. The second-order valence-corrected chi connectivity index (χ2v) is 3.45. The molecule has 1 aromatic carbocycles. The molecule has 0 spiro atoms. The molecule has 3 rings (SSSR count). The van der Waals surface area contributed by atoms with E-state index in [2.05, 4.69) is 4.98 Å². The molecule has 0 aliphatic carbocycles. The summed E-state index contributed by atoms with van der Waals surface area (Å²) in [6, 6.07) is 4.55. The van der Waals surface area contributed by atoms with Crippen molar-refractivity contribution in [3.63, 3.8) is 0 Å². The molecule has 0 N–H and O–H groups in total. The third kappa shape index (κ3) is 1.16. The highest BCUT2D eigenvalue weighted by atomic mass is 16.6. The highest BCUT2D eigenvalue weighted by Crippen LogP contribution is 2.32. The van der Waals surface area contributed by atoms with Crippen LogP contribution in [0.25, 0.3) is 5.69 Å². The molecule has 1 aliphatic rings. The Balaban J connectivity index is 2.17. The molecule has 0 saturated carbocycles. The molecule has 6 nitrogen and oxygen atoms in total. The van der Waals surface area contributed by atoms with Gasteiger partial charge in [0.15, 0.2) is 5.75 Å². The summed E-state index contributed by atoms with van der Waals surface area (Å²) in [7, 11) is 0. The van der Waals surface area contributed by atoms with Crippen molar-refractivity contribution in [2.24, 2.45) is 0 Å². The molecular weight excluding hydrogens is 210 g/mol. The first-order valence-electron chi connectivity index (χ1n) is 4.68. The summed E-state index contributed by atoms with van der Waals surface area (Å²) < 4.78 is 7.30. The highest BCUT2D eigenvalue weighted by molar-refractivity contribution is 5.55. The quantitative estimate of drug-likeness (QED) is 0.538. The Morgan fingerprint density at radius 3 is 3.19 bits per heavy atom. The molecule has 1 aliphatic heterocycles. The lowest BCUT2D eigenvalue weighted by Crippen LogP contribution is -2.11. The van der Waals surface area contributed by atoms with Gasteiger partial charge in [-0.2, -0.15) is 0 Å². The first kappa shape index (κ1) is 8.90. The number of hydrogen-bond donors (Lipinski definition) is 0. The largest absolute Gasteiger partial charge is 0.485 e. The average Bonchev–Trinajstić information content (AvgIpc) is 2.76. The molecule has 0 fully saturated rings. The molecule has 2 heterocycles. The van der Waals surface area contributed by atoms with Gasteiger partial charge < -0.3 is 4.74 Å². The number of rotatable bonds is 1. The highest BCUT2D eigenvalue weighted by Gasteiger charge is 2.19. The van der Waals surface area contributed by atoms with E-state index < -0.39 is 4.92 Å². The molecule has 0 radical (unpaired) electrons. The van der Waals surface area contributed by atoms with Gasteiger partial charge in [0.25, 0.3) is 5.69 Å². The van der Waals surface area contributed by atoms with E-state index in [1.54, 1.807) is 18.6 Å². The number of benzene rings is 1. The minimum Gasteiger partial charge on any atom is -0.485 e. The van der Waals surface area contributed by atoms with Crippen molar-refractivity contribution in [3.05, 3.63) is 46.5 Å². The van der Waals surface area contributed by atoms with E-state index in [0.717, 1.165) is 11.4 Å². The van der Waals surface area contributed by atoms with Crippen LogP contribution in [0.3, 0.4) is 0 Å². The Morgan fingerprint density at radius 2 is 2.38 bits per heavy atom. The molecule has 2 aromatic rings. The predicted molar refractivity (Wildman–Crippen MR) is 54.6 cm³/mol. The Labute approximate surface area is 90.3 Å². The topological polar surface area (TPSA) is 70.2 Å². The van der Waals surface area contributed by atoms with Gasteiger partial charge in [0, 0.05) is 6.07 Å². The summed E-state index contributed by atoms with van der Waals surface area (Å²) in [5, 5.41) is 10.6. The normalized spacial score (nSPS) is 12.5. The summed E-state index contributed by atoms with van der Waals surface area (Å²) in [6.07, 6.45) is 3.38. The lowest BCUT2D eigenvalue weighted by atomic mass is 10.2. The number of nitrogens with zero attached hydrogens (tertiary/aromatic N) is 3. The Hall–Kier alpha value is -2.37. The fraction of sp³-hybridized carbons (Fsp3) is 0.100.